The van der Waals surface area contributed by atoms with E-state index in [0.29, 0.717) is 0 Å². The lowest BCUT2D eigenvalue weighted by Crippen LogP contribution is -2.15. The molecule has 9 nitrogen and oxygen atoms in total. The first-order chi connectivity index (χ1) is 9.31. The van der Waals surface area contributed by atoms with Crippen LogP contribution in [0.2, 0.25) is 0 Å². The maximum atomic E-state index is 12.1. The second-order valence-corrected chi connectivity index (χ2v) is 6.10. The molecule has 3 N–H and O–H groups in total. The highest BCUT2D eigenvalue weighted by Crippen LogP contribution is 2.26. The van der Waals surface area contributed by atoms with Crippen molar-refractivity contribution in [2.75, 3.05) is 4.72 Å². The number of phenols is 1. The number of sulfonamides is 1. The van der Waals surface area contributed by atoms with E-state index in [9.17, 15) is 18.3 Å². The van der Waals surface area contributed by atoms with E-state index >= 15 is 0 Å². The third-order valence-corrected chi connectivity index (χ3v) is 4.46. The minimum atomic E-state index is -4.04. The number of nitrogens with one attached hydrogen (secondary N) is 1. The Bertz CT molecular complexity index is 757. The number of carbonyl (C=O) groups is 1. The predicted molar refractivity (Wildman–Crippen MR) is 68.3 cm³/mol. The molecule has 0 atom stereocenters. The zero-order valence-electron chi connectivity index (χ0n) is 9.93. The second kappa shape index (κ2) is 5.02. The topological polar surface area (TPSA) is 142 Å². The van der Waals surface area contributed by atoms with Gasteiger partial charge in [-0.25, -0.2) is 13.2 Å². The normalized spacial score (nSPS) is 11.2. The smallest absolute Gasteiger partial charge is 0.339 e. The van der Waals surface area contributed by atoms with Gasteiger partial charge in [-0.3, -0.25) is 4.72 Å². The molecular formula is C9H8N4O5S2. The Labute approximate surface area is 117 Å². The zero-order chi connectivity index (χ0) is 14.9. The fraction of sp³-hybridized carbons (Fsp3) is 0.111. The molecule has 0 bridgehead atoms. The monoisotopic (exact) mass is 316 g/mol. The van der Waals surface area contributed by atoms with E-state index in [1.807, 2.05) is 0 Å². The number of aryl methyl sites for hydroxylation is 1. The number of hydrogen-bond donors (Lipinski definition) is 3. The summed E-state index contributed by atoms with van der Waals surface area (Å²) in [6.07, 6.45) is 0. The summed E-state index contributed by atoms with van der Waals surface area (Å²) in [5.41, 5.74) is -0.316. The van der Waals surface area contributed by atoms with Gasteiger partial charge >= 0.3 is 5.97 Å². The van der Waals surface area contributed by atoms with Gasteiger partial charge in [0, 0.05) is 11.5 Å². The Balaban J connectivity index is 2.51. The molecule has 0 unspecified atom stereocenters. The molecule has 20 heavy (non-hydrogen) atoms. The first-order valence-corrected chi connectivity index (χ1v) is 7.31. The number of aromatic nitrogens is 3. The molecule has 0 radical (unpaired) electrons. The van der Waals surface area contributed by atoms with Crippen molar-refractivity contribution < 1.29 is 23.4 Å². The van der Waals surface area contributed by atoms with Crippen molar-refractivity contribution in [1.82, 2.24) is 14.8 Å². The maximum absolute atomic E-state index is 12.1. The summed E-state index contributed by atoms with van der Waals surface area (Å²) in [5, 5.41) is 25.0. The van der Waals surface area contributed by atoms with Crippen LogP contribution in [0.1, 0.15) is 15.9 Å². The van der Waals surface area contributed by atoms with E-state index in [1.54, 1.807) is 0 Å². The highest BCUT2D eigenvalue weighted by Gasteiger charge is 2.22. The van der Waals surface area contributed by atoms with E-state index in [-0.39, 0.29) is 15.6 Å². The van der Waals surface area contributed by atoms with Gasteiger partial charge in [-0.2, -0.15) is 0 Å². The van der Waals surface area contributed by atoms with Crippen molar-refractivity contribution in [2.24, 2.45) is 0 Å². The Kier molecular flexibility index (Phi) is 3.55. The quantitative estimate of drug-likeness (QED) is 0.737. The minimum Gasteiger partial charge on any atom is -0.507 e. The number of nitrogens with zero attached hydrogens (tertiary/aromatic N) is 3. The van der Waals surface area contributed by atoms with E-state index in [4.69, 9.17) is 5.11 Å². The largest absolute Gasteiger partial charge is 0.507 e. The van der Waals surface area contributed by atoms with Crippen LogP contribution in [-0.2, 0) is 10.0 Å². The fourth-order valence-corrected chi connectivity index (χ4v) is 3.31. The van der Waals surface area contributed by atoms with Crippen molar-refractivity contribution in [1.29, 1.82) is 0 Å². The predicted octanol–water partition coefficient (Wildman–Crippen LogP) is 0.446. The van der Waals surface area contributed by atoms with Crippen LogP contribution in [-0.4, -0.2) is 39.4 Å². The molecule has 106 valence electrons. The summed E-state index contributed by atoms with van der Waals surface area (Å²) in [6, 6.07) is 1.94. The lowest BCUT2D eigenvalue weighted by atomic mass is 10.1. The van der Waals surface area contributed by atoms with Gasteiger partial charge in [0.1, 0.15) is 11.3 Å². The lowest BCUT2D eigenvalue weighted by molar-refractivity contribution is 0.0693. The Hall–Kier alpha value is -2.27. The minimum absolute atomic E-state index is 0.0469. The van der Waals surface area contributed by atoms with Gasteiger partial charge < -0.3 is 10.2 Å². The summed E-state index contributed by atoms with van der Waals surface area (Å²) in [6.45, 7) is 1.43. The number of carboxylic acids is 1. The standard InChI is InChI=1S/C9H8N4O5S2/c1-4-2-6(14)5(8(15)16)3-7(4)20(17,18)11-9-10-12-13-19-9/h2-3,14H,1H3,(H,15,16)(H,10,11,13). The number of hydrogen-bond acceptors (Lipinski definition) is 8. The number of rotatable bonds is 4. The van der Waals surface area contributed by atoms with Crippen LogP contribution in [0.15, 0.2) is 17.0 Å². The van der Waals surface area contributed by atoms with Crippen LogP contribution >= 0.6 is 11.5 Å². The summed E-state index contributed by atoms with van der Waals surface area (Å²) in [5.74, 6) is -1.94. The summed E-state index contributed by atoms with van der Waals surface area (Å²) >= 11 is 0.736. The van der Waals surface area contributed by atoms with Crippen LogP contribution < -0.4 is 4.72 Å². The summed E-state index contributed by atoms with van der Waals surface area (Å²) < 4.78 is 29.8. The highest BCUT2D eigenvalue weighted by molar-refractivity contribution is 7.93. The average molecular weight is 316 g/mol. The number of benzene rings is 1. The van der Waals surface area contributed by atoms with E-state index in [1.165, 1.54) is 6.92 Å². The molecule has 1 aromatic carbocycles. The Morgan fingerprint density at radius 2 is 2.10 bits per heavy atom. The maximum Gasteiger partial charge on any atom is 0.339 e. The van der Waals surface area contributed by atoms with Crippen LogP contribution in [0.5, 0.6) is 5.75 Å². The summed E-state index contributed by atoms with van der Waals surface area (Å²) in [7, 11) is -4.04. The van der Waals surface area contributed by atoms with Crippen molar-refractivity contribution in [3.63, 3.8) is 0 Å². The number of carboxylic acid groups (broad SMARTS) is 1. The summed E-state index contributed by atoms with van der Waals surface area (Å²) in [4.78, 5) is 10.6. The van der Waals surface area contributed by atoms with E-state index in [0.717, 1.165) is 23.7 Å². The number of aromatic hydroxyl groups is 1. The molecule has 2 rings (SSSR count). The van der Waals surface area contributed by atoms with E-state index in [2.05, 4.69) is 19.5 Å². The molecule has 0 spiro atoms. The molecule has 0 aliphatic carbocycles. The van der Waals surface area contributed by atoms with Gasteiger partial charge in [0.2, 0.25) is 5.13 Å². The molecule has 0 fully saturated rings. The van der Waals surface area contributed by atoms with Gasteiger partial charge in [-0.15, -0.1) is 0 Å². The number of aromatic carboxylic acids is 1. The van der Waals surface area contributed by atoms with Crippen LogP contribution in [0.25, 0.3) is 0 Å². The number of anilines is 1. The van der Waals surface area contributed by atoms with Crippen molar-refractivity contribution in [3.05, 3.63) is 23.3 Å². The first-order valence-electron chi connectivity index (χ1n) is 5.06. The van der Waals surface area contributed by atoms with Gasteiger partial charge in [-0.05, 0) is 29.8 Å². The molecular weight excluding hydrogens is 308 g/mol. The molecule has 0 saturated heterocycles. The second-order valence-electron chi connectivity index (χ2n) is 3.71. The zero-order valence-corrected chi connectivity index (χ0v) is 11.6. The average Bonchev–Trinajstić information content (AvgIpc) is 2.79. The lowest BCUT2D eigenvalue weighted by Gasteiger charge is -2.10. The van der Waals surface area contributed by atoms with E-state index < -0.39 is 27.3 Å². The Morgan fingerprint density at radius 1 is 1.40 bits per heavy atom. The first kappa shape index (κ1) is 14.1. The van der Waals surface area contributed by atoms with Crippen molar-refractivity contribution in [3.8, 4) is 5.75 Å². The molecule has 0 aliphatic heterocycles. The molecule has 2 aromatic rings. The van der Waals surface area contributed by atoms with Crippen LogP contribution in [0, 0.1) is 6.92 Å². The van der Waals surface area contributed by atoms with Crippen LogP contribution in [0.3, 0.4) is 0 Å². The fourth-order valence-electron chi connectivity index (χ4n) is 1.48. The molecule has 0 saturated carbocycles. The van der Waals surface area contributed by atoms with Gasteiger partial charge in [-0.1, -0.05) is 9.59 Å². The Morgan fingerprint density at radius 3 is 2.65 bits per heavy atom. The molecule has 1 heterocycles. The molecule has 0 amide bonds. The molecule has 1 aromatic heterocycles. The van der Waals surface area contributed by atoms with Crippen LogP contribution in [0.4, 0.5) is 5.13 Å². The molecule has 0 aliphatic rings. The highest BCUT2D eigenvalue weighted by atomic mass is 32.2. The SMILES string of the molecule is Cc1cc(O)c(C(=O)O)cc1S(=O)(=O)Nc1nnns1. The van der Waals surface area contributed by atoms with Crippen molar-refractivity contribution >= 4 is 32.7 Å². The third kappa shape index (κ3) is 2.67. The van der Waals surface area contributed by atoms with Gasteiger partial charge in [0.15, 0.2) is 0 Å². The van der Waals surface area contributed by atoms with Crippen molar-refractivity contribution in [2.45, 2.75) is 11.8 Å². The third-order valence-electron chi connectivity index (χ3n) is 2.33. The molecule has 11 heteroatoms. The van der Waals surface area contributed by atoms with Gasteiger partial charge in [0.05, 0.1) is 4.90 Å². The van der Waals surface area contributed by atoms with Gasteiger partial charge in [0.25, 0.3) is 10.0 Å².